The summed E-state index contributed by atoms with van der Waals surface area (Å²) in [6.07, 6.45) is 6.77. The number of rotatable bonds is 4. The summed E-state index contributed by atoms with van der Waals surface area (Å²) in [5.41, 5.74) is 16.0. The largest absolute Gasteiger partial charge is 0.393 e. The second-order valence-corrected chi connectivity index (χ2v) is 8.43. The minimum absolute atomic E-state index is 0.216. The first-order chi connectivity index (χ1) is 14.5. The van der Waals surface area contributed by atoms with E-state index in [1.54, 1.807) is 0 Å². The van der Waals surface area contributed by atoms with Crippen molar-refractivity contribution < 1.29 is 5.11 Å². The Balaban J connectivity index is 1.32. The van der Waals surface area contributed by atoms with Crippen molar-refractivity contribution in [2.75, 3.05) is 11.5 Å². The minimum Gasteiger partial charge on any atom is -0.393 e. The van der Waals surface area contributed by atoms with E-state index in [1.165, 1.54) is 11.9 Å². The Hall–Kier alpha value is -3.19. The Morgan fingerprint density at radius 2 is 1.97 bits per heavy atom. The highest BCUT2D eigenvalue weighted by molar-refractivity contribution is 5.89. The maximum Gasteiger partial charge on any atom is 0.145 e. The van der Waals surface area contributed by atoms with Gasteiger partial charge in [0.1, 0.15) is 23.6 Å². The first kappa shape index (κ1) is 18.8. The fourth-order valence-corrected chi connectivity index (χ4v) is 4.87. The highest BCUT2D eigenvalue weighted by Gasteiger charge is 2.34. The summed E-state index contributed by atoms with van der Waals surface area (Å²) >= 11 is 0. The lowest BCUT2D eigenvalue weighted by Crippen LogP contribution is -2.13. The molecule has 7 heteroatoms. The maximum atomic E-state index is 10.7. The van der Waals surface area contributed by atoms with Crippen LogP contribution in [-0.2, 0) is 6.42 Å². The fourth-order valence-electron chi connectivity index (χ4n) is 4.87. The Morgan fingerprint density at radius 3 is 2.83 bits per heavy atom. The summed E-state index contributed by atoms with van der Waals surface area (Å²) in [4.78, 5) is 13.0. The van der Waals surface area contributed by atoms with E-state index in [-0.39, 0.29) is 18.1 Å². The number of nitrogens with zero attached hydrogens (tertiary/aromatic N) is 4. The third kappa shape index (κ3) is 3.25. The summed E-state index contributed by atoms with van der Waals surface area (Å²) < 4.78 is 2.18. The van der Waals surface area contributed by atoms with Gasteiger partial charge in [-0.1, -0.05) is 12.1 Å². The maximum absolute atomic E-state index is 10.7. The Bertz CT molecular complexity index is 1230. The van der Waals surface area contributed by atoms with Gasteiger partial charge in [0.2, 0.25) is 0 Å². The van der Waals surface area contributed by atoms with Crippen LogP contribution in [0, 0.1) is 12.8 Å². The smallest absolute Gasteiger partial charge is 0.145 e. The molecule has 1 saturated carbocycles. The molecule has 1 aliphatic carbocycles. The molecule has 5 N–H and O–H groups in total. The Labute approximate surface area is 174 Å². The van der Waals surface area contributed by atoms with Gasteiger partial charge in [-0.25, -0.2) is 15.0 Å². The van der Waals surface area contributed by atoms with Gasteiger partial charge in [-0.05, 0) is 67.9 Å². The number of aryl methyl sites for hydroxylation is 2. The van der Waals surface area contributed by atoms with Crippen LogP contribution in [-0.4, -0.2) is 30.7 Å². The third-order valence-corrected chi connectivity index (χ3v) is 6.44. The fraction of sp³-hybridized carbons (Fsp3) is 0.348. The van der Waals surface area contributed by atoms with Gasteiger partial charge >= 0.3 is 0 Å². The molecular formula is C23H26N6O. The van der Waals surface area contributed by atoms with Crippen molar-refractivity contribution in [3.63, 3.8) is 0 Å². The number of hydrogen-bond acceptors (Lipinski definition) is 6. The van der Waals surface area contributed by atoms with E-state index in [1.807, 2.05) is 19.1 Å². The van der Waals surface area contributed by atoms with Gasteiger partial charge in [-0.2, -0.15) is 0 Å². The number of nitrogens with two attached hydrogens (primary N) is 2. The average molecular weight is 403 g/mol. The lowest BCUT2D eigenvalue weighted by molar-refractivity contribution is 0.127. The molecule has 4 aromatic rings. The zero-order chi connectivity index (χ0) is 20.8. The molecule has 7 nitrogen and oxygen atoms in total. The van der Waals surface area contributed by atoms with Gasteiger partial charge < -0.3 is 21.1 Å². The van der Waals surface area contributed by atoms with Crippen LogP contribution < -0.4 is 11.5 Å². The predicted molar refractivity (Wildman–Crippen MR) is 119 cm³/mol. The molecule has 0 saturated heterocycles. The van der Waals surface area contributed by atoms with E-state index in [0.717, 1.165) is 53.2 Å². The van der Waals surface area contributed by atoms with Crippen LogP contribution >= 0.6 is 0 Å². The lowest BCUT2D eigenvalue weighted by atomic mass is 9.96. The van der Waals surface area contributed by atoms with E-state index in [2.05, 4.69) is 43.9 Å². The van der Waals surface area contributed by atoms with Gasteiger partial charge in [-0.15, -0.1) is 0 Å². The molecule has 5 rings (SSSR count). The van der Waals surface area contributed by atoms with Crippen LogP contribution in [0.15, 0.2) is 42.9 Å². The molecule has 1 aliphatic rings. The van der Waals surface area contributed by atoms with Gasteiger partial charge in [0.25, 0.3) is 0 Å². The lowest BCUT2D eigenvalue weighted by Gasteiger charge is -2.15. The van der Waals surface area contributed by atoms with Crippen molar-refractivity contribution in [3.05, 3.63) is 54.0 Å². The van der Waals surface area contributed by atoms with Crippen LogP contribution in [0.2, 0.25) is 0 Å². The van der Waals surface area contributed by atoms with E-state index >= 15 is 0 Å². The molecule has 154 valence electrons. The molecule has 1 aromatic carbocycles. The summed E-state index contributed by atoms with van der Waals surface area (Å²) in [6, 6.07) is 10.4. The van der Waals surface area contributed by atoms with Crippen molar-refractivity contribution in [2.24, 2.45) is 5.92 Å². The molecule has 0 spiro atoms. The zero-order valence-electron chi connectivity index (χ0n) is 17.0. The van der Waals surface area contributed by atoms with Crippen LogP contribution in [0.25, 0.3) is 21.9 Å². The second kappa shape index (κ2) is 7.25. The molecule has 0 radical (unpaired) electrons. The van der Waals surface area contributed by atoms with Crippen molar-refractivity contribution in [3.8, 4) is 0 Å². The minimum atomic E-state index is -0.318. The quantitative estimate of drug-likeness (QED) is 0.482. The van der Waals surface area contributed by atoms with Crippen molar-refractivity contribution in [2.45, 2.75) is 44.8 Å². The summed E-state index contributed by atoms with van der Waals surface area (Å²) in [7, 11) is 0. The first-order valence-corrected chi connectivity index (χ1v) is 10.4. The van der Waals surface area contributed by atoms with Crippen LogP contribution in [0.5, 0.6) is 0 Å². The van der Waals surface area contributed by atoms with Crippen LogP contribution in [0.1, 0.15) is 36.4 Å². The molecule has 3 aromatic heterocycles. The zero-order valence-corrected chi connectivity index (χ0v) is 17.0. The number of hydrogen-bond donors (Lipinski definition) is 3. The normalized spacial score (nSPS) is 21.6. The SMILES string of the molecule is Cc1cn([C@@H]2C[C@H](CCc3ccc4ccc(N)nc4c3)[C@@H](O)C2)c2ncnc(N)c12. The molecule has 3 heterocycles. The molecule has 1 fully saturated rings. The highest BCUT2D eigenvalue weighted by atomic mass is 16.3. The predicted octanol–water partition coefficient (Wildman–Crippen LogP) is 3.40. The molecule has 0 amide bonds. The number of aromatic nitrogens is 4. The topological polar surface area (TPSA) is 116 Å². The van der Waals surface area contributed by atoms with Gasteiger partial charge in [-0.3, -0.25) is 0 Å². The van der Waals surface area contributed by atoms with Crippen LogP contribution in [0.4, 0.5) is 11.6 Å². The number of benzene rings is 1. The summed E-state index contributed by atoms with van der Waals surface area (Å²) in [5, 5.41) is 12.7. The molecule has 0 aliphatic heterocycles. The Morgan fingerprint density at radius 1 is 1.13 bits per heavy atom. The van der Waals surface area contributed by atoms with E-state index in [9.17, 15) is 5.11 Å². The highest BCUT2D eigenvalue weighted by Crippen LogP contribution is 2.40. The molecule has 3 atom stereocenters. The number of pyridine rings is 1. The van der Waals surface area contributed by atoms with Crippen LogP contribution in [0.3, 0.4) is 0 Å². The number of fused-ring (bicyclic) bond motifs is 2. The van der Waals surface area contributed by atoms with E-state index in [4.69, 9.17) is 11.5 Å². The third-order valence-electron chi connectivity index (χ3n) is 6.44. The van der Waals surface area contributed by atoms with Gasteiger partial charge in [0.05, 0.1) is 17.0 Å². The van der Waals surface area contributed by atoms with Gasteiger partial charge in [0.15, 0.2) is 0 Å². The number of nitrogen functional groups attached to an aromatic ring is 2. The standard InChI is InChI=1S/C23H26N6O/c1-13-11-29(23-21(13)22(25)26-12-27-23)17-9-16(19(30)10-17)5-3-14-2-4-15-6-7-20(24)28-18(15)8-14/h2,4,6-8,11-12,16-17,19,30H,3,5,9-10H2,1H3,(H2,24,28)(H2,25,26,27)/t16-,17+,19-/m0/s1. The van der Waals surface area contributed by atoms with Crippen molar-refractivity contribution >= 4 is 33.6 Å². The number of aliphatic hydroxyl groups is 1. The number of aliphatic hydroxyl groups excluding tert-OH is 1. The summed E-state index contributed by atoms with van der Waals surface area (Å²) in [5.74, 6) is 1.29. The van der Waals surface area contributed by atoms with E-state index in [0.29, 0.717) is 11.6 Å². The van der Waals surface area contributed by atoms with E-state index < -0.39 is 0 Å². The van der Waals surface area contributed by atoms with Gasteiger partial charge in [0, 0.05) is 17.6 Å². The molecular weight excluding hydrogens is 376 g/mol. The monoisotopic (exact) mass is 402 g/mol. The Kier molecular flexibility index (Phi) is 4.55. The van der Waals surface area contributed by atoms with Crippen molar-refractivity contribution in [1.82, 2.24) is 19.5 Å². The number of anilines is 2. The van der Waals surface area contributed by atoms with Crippen molar-refractivity contribution in [1.29, 1.82) is 0 Å². The first-order valence-electron chi connectivity index (χ1n) is 10.4. The molecule has 0 unspecified atom stereocenters. The molecule has 30 heavy (non-hydrogen) atoms. The average Bonchev–Trinajstić information content (AvgIpc) is 3.26. The second-order valence-electron chi connectivity index (χ2n) is 8.43. The summed E-state index contributed by atoms with van der Waals surface area (Å²) in [6.45, 7) is 2.03. The molecule has 0 bridgehead atoms.